The molecular weight excluding hydrogens is 226 g/mol. The van der Waals surface area contributed by atoms with E-state index in [1.165, 1.54) is 23.8 Å². The van der Waals surface area contributed by atoms with Gasteiger partial charge in [-0.05, 0) is 49.1 Å². The van der Waals surface area contributed by atoms with E-state index in [9.17, 15) is 0 Å². The molecule has 3 heteroatoms. The fraction of sp³-hybridized carbons (Fsp3) is 0.467. The van der Waals surface area contributed by atoms with Crippen molar-refractivity contribution in [3.05, 3.63) is 42.2 Å². The Morgan fingerprint density at radius 2 is 2.39 bits per heavy atom. The van der Waals surface area contributed by atoms with Gasteiger partial charge in [0.15, 0.2) is 0 Å². The van der Waals surface area contributed by atoms with Crippen LogP contribution in [-0.4, -0.2) is 20.3 Å². The molecule has 1 aromatic rings. The molecule has 1 unspecified atom stereocenters. The van der Waals surface area contributed by atoms with Gasteiger partial charge < -0.3 is 14.8 Å². The van der Waals surface area contributed by atoms with E-state index in [-0.39, 0.29) is 0 Å². The Balaban J connectivity index is 1.88. The van der Waals surface area contributed by atoms with Gasteiger partial charge in [-0.15, -0.1) is 0 Å². The second-order valence-electron chi connectivity index (χ2n) is 4.50. The summed E-state index contributed by atoms with van der Waals surface area (Å²) in [5, 5.41) is 3.58. The summed E-state index contributed by atoms with van der Waals surface area (Å²) in [6.07, 6.45) is 4.82. The Hall–Kier alpha value is -1.48. The van der Waals surface area contributed by atoms with Crippen LogP contribution < -0.4 is 10.1 Å². The lowest BCUT2D eigenvalue weighted by Crippen LogP contribution is -2.21. The lowest BCUT2D eigenvalue weighted by molar-refractivity contribution is 0.243. The number of benzene rings is 1. The van der Waals surface area contributed by atoms with E-state index < -0.39 is 0 Å². The van der Waals surface area contributed by atoms with Crippen LogP contribution in [0.15, 0.2) is 31.0 Å². The molecule has 0 aromatic heterocycles. The van der Waals surface area contributed by atoms with E-state index in [1.807, 2.05) is 6.07 Å². The first-order valence-corrected chi connectivity index (χ1v) is 6.48. The lowest BCUT2D eigenvalue weighted by Gasteiger charge is -2.14. The smallest absolute Gasteiger partial charge is 0.119 e. The van der Waals surface area contributed by atoms with Crippen molar-refractivity contribution in [2.75, 3.05) is 20.3 Å². The molecule has 98 valence electrons. The van der Waals surface area contributed by atoms with E-state index in [4.69, 9.17) is 9.47 Å². The van der Waals surface area contributed by atoms with Crippen LogP contribution in [0.25, 0.3) is 0 Å². The summed E-state index contributed by atoms with van der Waals surface area (Å²) >= 11 is 0. The summed E-state index contributed by atoms with van der Waals surface area (Å²) in [4.78, 5) is 0. The van der Waals surface area contributed by atoms with Crippen molar-refractivity contribution in [3.8, 4) is 5.75 Å². The zero-order valence-corrected chi connectivity index (χ0v) is 10.9. The maximum absolute atomic E-state index is 5.29. The normalized spacial score (nSPS) is 17.3. The molecular formula is C15H21NO2. The zero-order valence-electron chi connectivity index (χ0n) is 10.9. The second-order valence-corrected chi connectivity index (χ2v) is 4.50. The van der Waals surface area contributed by atoms with Gasteiger partial charge in [-0.1, -0.05) is 12.6 Å². The van der Waals surface area contributed by atoms with Crippen LogP contribution in [-0.2, 0) is 11.2 Å². The predicted molar refractivity (Wildman–Crippen MR) is 72.8 cm³/mol. The van der Waals surface area contributed by atoms with Crippen LogP contribution in [0.2, 0.25) is 0 Å². The molecule has 18 heavy (non-hydrogen) atoms. The van der Waals surface area contributed by atoms with Crippen molar-refractivity contribution in [3.63, 3.8) is 0 Å². The molecule has 1 aliphatic carbocycles. The minimum absolute atomic E-state index is 0.457. The fourth-order valence-corrected chi connectivity index (χ4v) is 2.43. The number of aryl methyl sites for hydroxylation is 1. The molecule has 0 amide bonds. The molecule has 0 radical (unpaired) electrons. The summed E-state index contributed by atoms with van der Waals surface area (Å²) < 4.78 is 10.4. The molecule has 1 atom stereocenters. The zero-order chi connectivity index (χ0) is 12.8. The molecule has 0 bridgehead atoms. The topological polar surface area (TPSA) is 30.5 Å². The molecule has 0 saturated heterocycles. The molecule has 0 fully saturated rings. The third kappa shape index (κ3) is 3.05. The number of fused-ring (bicyclic) bond motifs is 1. The predicted octanol–water partition coefficient (Wildman–Crippen LogP) is 2.82. The number of nitrogens with one attached hydrogen (secondary N) is 1. The van der Waals surface area contributed by atoms with Crippen molar-refractivity contribution in [1.82, 2.24) is 5.32 Å². The van der Waals surface area contributed by atoms with Gasteiger partial charge in [0.2, 0.25) is 0 Å². The quantitative estimate of drug-likeness (QED) is 0.593. The third-order valence-electron chi connectivity index (χ3n) is 3.38. The van der Waals surface area contributed by atoms with Crippen molar-refractivity contribution < 1.29 is 9.47 Å². The highest BCUT2D eigenvalue weighted by molar-refractivity contribution is 5.40. The molecule has 1 aliphatic rings. The molecule has 1 N–H and O–H groups in total. The van der Waals surface area contributed by atoms with Gasteiger partial charge in [0, 0.05) is 6.04 Å². The fourth-order valence-electron chi connectivity index (χ4n) is 2.43. The summed E-state index contributed by atoms with van der Waals surface area (Å²) in [5.74, 6) is 0.942. The van der Waals surface area contributed by atoms with Gasteiger partial charge in [0.1, 0.15) is 5.75 Å². The molecule has 2 rings (SSSR count). The summed E-state index contributed by atoms with van der Waals surface area (Å²) in [7, 11) is 1.71. The van der Waals surface area contributed by atoms with Crippen LogP contribution in [0.3, 0.4) is 0 Å². The average molecular weight is 247 g/mol. The van der Waals surface area contributed by atoms with Crippen molar-refractivity contribution in [2.45, 2.75) is 25.3 Å². The Morgan fingerprint density at radius 1 is 1.50 bits per heavy atom. The number of rotatable bonds is 7. The lowest BCUT2D eigenvalue weighted by atomic mass is 10.1. The van der Waals surface area contributed by atoms with Crippen LogP contribution in [0, 0.1) is 0 Å². The van der Waals surface area contributed by atoms with E-state index >= 15 is 0 Å². The SMILES string of the molecule is C=COCCCNC1CCc2ccc(OC)cc21. The highest BCUT2D eigenvalue weighted by atomic mass is 16.5. The minimum Gasteiger partial charge on any atom is -0.502 e. The van der Waals surface area contributed by atoms with Crippen molar-refractivity contribution in [2.24, 2.45) is 0 Å². The van der Waals surface area contributed by atoms with E-state index in [0.717, 1.165) is 31.7 Å². The Bertz CT molecular complexity index is 403. The van der Waals surface area contributed by atoms with Crippen molar-refractivity contribution >= 4 is 0 Å². The first kappa shape index (κ1) is 13.0. The molecule has 1 aromatic carbocycles. The number of hydrogen-bond donors (Lipinski definition) is 1. The standard InChI is InChI=1S/C15H21NO2/c1-3-18-10-4-9-16-15-8-6-12-5-7-13(17-2)11-14(12)15/h3,5,7,11,15-16H,1,4,6,8-10H2,2H3. The first-order valence-electron chi connectivity index (χ1n) is 6.48. The van der Waals surface area contributed by atoms with Gasteiger partial charge in [-0.2, -0.15) is 0 Å². The van der Waals surface area contributed by atoms with E-state index in [0.29, 0.717) is 6.04 Å². The highest BCUT2D eigenvalue weighted by Gasteiger charge is 2.22. The van der Waals surface area contributed by atoms with Crippen LogP contribution in [0.4, 0.5) is 0 Å². The van der Waals surface area contributed by atoms with Gasteiger partial charge in [0.05, 0.1) is 20.0 Å². The Morgan fingerprint density at radius 3 is 3.17 bits per heavy atom. The van der Waals surface area contributed by atoms with Gasteiger partial charge in [0.25, 0.3) is 0 Å². The van der Waals surface area contributed by atoms with E-state index in [2.05, 4.69) is 24.0 Å². The molecule has 0 saturated carbocycles. The van der Waals surface area contributed by atoms with Gasteiger partial charge >= 0.3 is 0 Å². The van der Waals surface area contributed by atoms with Crippen LogP contribution >= 0.6 is 0 Å². The third-order valence-corrected chi connectivity index (χ3v) is 3.38. The summed E-state index contributed by atoms with van der Waals surface area (Å²) in [6, 6.07) is 6.83. The molecule has 3 nitrogen and oxygen atoms in total. The molecule has 0 aliphatic heterocycles. The first-order chi connectivity index (χ1) is 8.85. The Kier molecular flexibility index (Phi) is 4.65. The summed E-state index contributed by atoms with van der Waals surface area (Å²) in [5.41, 5.74) is 2.83. The average Bonchev–Trinajstić information content (AvgIpc) is 2.81. The number of hydrogen-bond acceptors (Lipinski definition) is 3. The second kappa shape index (κ2) is 6.45. The maximum atomic E-state index is 5.29. The summed E-state index contributed by atoms with van der Waals surface area (Å²) in [6.45, 7) is 5.23. The number of ether oxygens (including phenoxy) is 2. The van der Waals surface area contributed by atoms with Crippen LogP contribution in [0.5, 0.6) is 5.75 Å². The molecule has 0 spiro atoms. The van der Waals surface area contributed by atoms with Crippen molar-refractivity contribution in [1.29, 1.82) is 0 Å². The molecule has 0 heterocycles. The minimum atomic E-state index is 0.457. The monoisotopic (exact) mass is 247 g/mol. The van der Waals surface area contributed by atoms with Gasteiger partial charge in [-0.3, -0.25) is 0 Å². The number of methoxy groups -OCH3 is 1. The van der Waals surface area contributed by atoms with E-state index in [1.54, 1.807) is 7.11 Å². The largest absolute Gasteiger partial charge is 0.502 e. The van der Waals surface area contributed by atoms with Crippen LogP contribution in [0.1, 0.15) is 30.0 Å². The van der Waals surface area contributed by atoms with Gasteiger partial charge in [-0.25, -0.2) is 0 Å². The Labute approximate surface area is 109 Å². The highest BCUT2D eigenvalue weighted by Crippen LogP contribution is 2.33. The maximum Gasteiger partial charge on any atom is 0.119 e.